The first-order valence-electron chi connectivity index (χ1n) is 5.16. The fourth-order valence-corrected chi connectivity index (χ4v) is 1.17. The number of pyridine rings is 1. The van der Waals surface area contributed by atoms with Gasteiger partial charge in [0.25, 0.3) is 0 Å². The second-order valence-corrected chi connectivity index (χ2v) is 3.64. The zero-order valence-corrected chi connectivity index (χ0v) is 9.78. The van der Waals surface area contributed by atoms with E-state index in [0.717, 1.165) is 0 Å². The number of methoxy groups -OCH3 is 1. The standard InChI is InChI=1S/C11H17N3O2/c1-8(2)13-10(15)7-12-9-5-4-6-11(14-9)16-3/h4-6,8H,7H2,1-3H3,(H,12,14)(H,13,15). The molecule has 1 aromatic heterocycles. The van der Waals surface area contributed by atoms with Gasteiger partial charge in [0.2, 0.25) is 11.8 Å². The third-order valence-corrected chi connectivity index (χ3v) is 1.81. The van der Waals surface area contributed by atoms with Crippen LogP contribution in [0.5, 0.6) is 5.88 Å². The average molecular weight is 223 g/mol. The number of carbonyl (C=O) groups excluding carboxylic acids is 1. The Morgan fingerprint density at radius 1 is 1.50 bits per heavy atom. The minimum absolute atomic E-state index is 0.0559. The molecule has 0 saturated carbocycles. The van der Waals surface area contributed by atoms with Gasteiger partial charge in [0.15, 0.2) is 0 Å². The molecule has 5 heteroatoms. The molecule has 0 aliphatic carbocycles. The van der Waals surface area contributed by atoms with Crippen molar-refractivity contribution in [3.05, 3.63) is 18.2 Å². The van der Waals surface area contributed by atoms with Crippen molar-refractivity contribution in [1.29, 1.82) is 0 Å². The van der Waals surface area contributed by atoms with Crippen molar-refractivity contribution < 1.29 is 9.53 Å². The average Bonchev–Trinajstić information content (AvgIpc) is 2.26. The van der Waals surface area contributed by atoms with Gasteiger partial charge < -0.3 is 15.4 Å². The van der Waals surface area contributed by atoms with Crippen LogP contribution in [-0.2, 0) is 4.79 Å². The van der Waals surface area contributed by atoms with Gasteiger partial charge in [-0.05, 0) is 19.9 Å². The van der Waals surface area contributed by atoms with Gasteiger partial charge >= 0.3 is 0 Å². The molecule has 0 bridgehead atoms. The Kier molecular flexibility index (Phi) is 4.57. The highest BCUT2D eigenvalue weighted by Crippen LogP contribution is 2.09. The summed E-state index contributed by atoms with van der Waals surface area (Å²) in [6.45, 7) is 4.04. The van der Waals surface area contributed by atoms with Crippen molar-refractivity contribution in [2.75, 3.05) is 19.0 Å². The smallest absolute Gasteiger partial charge is 0.239 e. The van der Waals surface area contributed by atoms with Gasteiger partial charge in [0.05, 0.1) is 13.7 Å². The molecule has 1 aromatic rings. The molecular weight excluding hydrogens is 206 g/mol. The van der Waals surface area contributed by atoms with Gasteiger partial charge in [-0.2, -0.15) is 4.98 Å². The van der Waals surface area contributed by atoms with Crippen LogP contribution in [0.3, 0.4) is 0 Å². The minimum atomic E-state index is -0.0559. The van der Waals surface area contributed by atoms with E-state index < -0.39 is 0 Å². The van der Waals surface area contributed by atoms with E-state index >= 15 is 0 Å². The van der Waals surface area contributed by atoms with Gasteiger partial charge in [-0.25, -0.2) is 0 Å². The number of nitrogens with zero attached hydrogens (tertiary/aromatic N) is 1. The minimum Gasteiger partial charge on any atom is -0.481 e. The van der Waals surface area contributed by atoms with Crippen molar-refractivity contribution in [3.8, 4) is 5.88 Å². The summed E-state index contributed by atoms with van der Waals surface area (Å²) in [6, 6.07) is 5.49. The molecule has 0 saturated heterocycles. The maximum absolute atomic E-state index is 11.3. The number of nitrogens with one attached hydrogen (secondary N) is 2. The van der Waals surface area contributed by atoms with Crippen LogP contribution in [0.25, 0.3) is 0 Å². The lowest BCUT2D eigenvalue weighted by Gasteiger charge is -2.09. The van der Waals surface area contributed by atoms with E-state index in [1.807, 2.05) is 19.9 Å². The van der Waals surface area contributed by atoms with Crippen LogP contribution in [0, 0.1) is 0 Å². The van der Waals surface area contributed by atoms with Gasteiger partial charge in [0.1, 0.15) is 5.82 Å². The van der Waals surface area contributed by atoms with Gasteiger partial charge in [-0.1, -0.05) is 6.07 Å². The molecule has 1 rings (SSSR count). The highest BCUT2D eigenvalue weighted by atomic mass is 16.5. The number of anilines is 1. The normalized spacial score (nSPS) is 10.0. The van der Waals surface area contributed by atoms with E-state index in [1.54, 1.807) is 19.2 Å². The Bertz CT molecular complexity index is 353. The van der Waals surface area contributed by atoms with E-state index in [0.29, 0.717) is 11.7 Å². The highest BCUT2D eigenvalue weighted by Gasteiger charge is 2.03. The summed E-state index contributed by atoms with van der Waals surface area (Å²) in [6.07, 6.45) is 0. The first kappa shape index (κ1) is 12.3. The van der Waals surface area contributed by atoms with Crippen LogP contribution in [0.15, 0.2) is 18.2 Å². The fourth-order valence-electron chi connectivity index (χ4n) is 1.17. The van der Waals surface area contributed by atoms with Crippen molar-refractivity contribution in [1.82, 2.24) is 10.3 Å². The SMILES string of the molecule is COc1cccc(NCC(=O)NC(C)C)n1. The molecular formula is C11H17N3O2. The summed E-state index contributed by atoms with van der Waals surface area (Å²) in [7, 11) is 1.55. The lowest BCUT2D eigenvalue weighted by atomic mass is 10.4. The zero-order chi connectivity index (χ0) is 12.0. The summed E-state index contributed by atoms with van der Waals surface area (Å²) in [4.78, 5) is 15.5. The number of amides is 1. The molecule has 1 amide bonds. The molecule has 0 spiro atoms. The number of hydrogen-bond acceptors (Lipinski definition) is 4. The Hall–Kier alpha value is -1.78. The van der Waals surface area contributed by atoms with Gasteiger partial charge in [-0.3, -0.25) is 4.79 Å². The van der Waals surface area contributed by atoms with Crippen LogP contribution >= 0.6 is 0 Å². The second-order valence-electron chi connectivity index (χ2n) is 3.64. The maximum atomic E-state index is 11.3. The molecule has 0 aromatic carbocycles. The highest BCUT2D eigenvalue weighted by molar-refractivity contribution is 5.80. The topological polar surface area (TPSA) is 63.2 Å². The summed E-state index contributed by atoms with van der Waals surface area (Å²) in [5.74, 6) is 1.09. The third kappa shape index (κ3) is 4.16. The maximum Gasteiger partial charge on any atom is 0.239 e. The third-order valence-electron chi connectivity index (χ3n) is 1.81. The Labute approximate surface area is 95.2 Å². The van der Waals surface area contributed by atoms with Crippen molar-refractivity contribution in [3.63, 3.8) is 0 Å². The van der Waals surface area contributed by atoms with Crippen LogP contribution in [0.1, 0.15) is 13.8 Å². The van der Waals surface area contributed by atoms with Crippen molar-refractivity contribution in [2.24, 2.45) is 0 Å². The Morgan fingerprint density at radius 3 is 2.88 bits per heavy atom. The molecule has 0 fully saturated rings. The van der Waals surface area contributed by atoms with Crippen LogP contribution in [0.4, 0.5) is 5.82 Å². The summed E-state index contributed by atoms with van der Waals surface area (Å²) < 4.78 is 4.97. The zero-order valence-electron chi connectivity index (χ0n) is 9.78. The molecule has 0 radical (unpaired) electrons. The lowest BCUT2D eigenvalue weighted by molar-refractivity contribution is -0.119. The first-order valence-corrected chi connectivity index (χ1v) is 5.16. The number of ether oxygens (including phenoxy) is 1. The van der Waals surface area contributed by atoms with Crippen molar-refractivity contribution >= 4 is 11.7 Å². The molecule has 16 heavy (non-hydrogen) atoms. The molecule has 1 heterocycles. The molecule has 2 N–H and O–H groups in total. The largest absolute Gasteiger partial charge is 0.481 e. The Balaban J connectivity index is 2.45. The number of aromatic nitrogens is 1. The Morgan fingerprint density at radius 2 is 2.25 bits per heavy atom. The van der Waals surface area contributed by atoms with Gasteiger partial charge in [-0.15, -0.1) is 0 Å². The molecule has 88 valence electrons. The lowest BCUT2D eigenvalue weighted by Crippen LogP contribution is -2.34. The van der Waals surface area contributed by atoms with Crippen LogP contribution in [0.2, 0.25) is 0 Å². The number of hydrogen-bond donors (Lipinski definition) is 2. The monoisotopic (exact) mass is 223 g/mol. The molecule has 0 aliphatic heterocycles. The first-order chi connectivity index (χ1) is 7.61. The van der Waals surface area contributed by atoms with E-state index in [-0.39, 0.29) is 18.5 Å². The van der Waals surface area contributed by atoms with Crippen LogP contribution in [-0.4, -0.2) is 30.6 Å². The van der Waals surface area contributed by atoms with Crippen LogP contribution < -0.4 is 15.4 Å². The molecule has 0 aliphatic rings. The van der Waals surface area contributed by atoms with E-state index in [2.05, 4.69) is 15.6 Å². The molecule has 0 unspecified atom stereocenters. The summed E-state index contributed by atoms with van der Waals surface area (Å²) in [5.41, 5.74) is 0. The number of rotatable bonds is 5. The van der Waals surface area contributed by atoms with Crippen molar-refractivity contribution in [2.45, 2.75) is 19.9 Å². The van der Waals surface area contributed by atoms with E-state index in [4.69, 9.17) is 4.74 Å². The van der Waals surface area contributed by atoms with E-state index in [1.165, 1.54) is 0 Å². The predicted molar refractivity (Wildman–Crippen MR) is 62.6 cm³/mol. The summed E-state index contributed by atoms with van der Waals surface area (Å²) >= 11 is 0. The fraction of sp³-hybridized carbons (Fsp3) is 0.455. The molecule has 0 atom stereocenters. The van der Waals surface area contributed by atoms with Gasteiger partial charge in [0, 0.05) is 12.1 Å². The number of carbonyl (C=O) groups is 1. The van der Waals surface area contributed by atoms with E-state index in [9.17, 15) is 4.79 Å². The molecule has 5 nitrogen and oxygen atoms in total. The second kappa shape index (κ2) is 5.95. The predicted octanol–water partition coefficient (Wildman–Crippen LogP) is 1.03. The quantitative estimate of drug-likeness (QED) is 0.782. The summed E-state index contributed by atoms with van der Waals surface area (Å²) in [5, 5.41) is 5.70.